The molecular formula is C17H26N2O2. The lowest BCUT2D eigenvalue weighted by Gasteiger charge is -2.06. The molecule has 1 aromatic carbocycles. The molecule has 0 bridgehead atoms. The zero-order chi connectivity index (χ0) is 15.5. The molecule has 0 radical (unpaired) electrons. The Hall–Kier alpha value is -1.68. The van der Waals surface area contributed by atoms with Crippen molar-refractivity contribution < 1.29 is 9.59 Å². The predicted octanol–water partition coefficient (Wildman–Crippen LogP) is 2.33. The molecule has 0 fully saturated rings. The maximum Gasteiger partial charge on any atom is 0.220 e. The number of benzene rings is 1. The summed E-state index contributed by atoms with van der Waals surface area (Å²) in [5, 5.41) is 6.04. The van der Waals surface area contributed by atoms with Crippen LogP contribution in [-0.2, 0) is 11.2 Å². The highest BCUT2D eigenvalue weighted by molar-refractivity contribution is 5.94. The fourth-order valence-electron chi connectivity index (χ4n) is 2.10. The van der Waals surface area contributed by atoms with Crippen molar-refractivity contribution in [3.05, 3.63) is 35.4 Å². The van der Waals surface area contributed by atoms with Gasteiger partial charge in [-0.2, -0.15) is 0 Å². The fraction of sp³-hybridized carbons (Fsp3) is 0.529. The Morgan fingerprint density at radius 1 is 1.00 bits per heavy atom. The van der Waals surface area contributed by atoms with Gasteiger partial charge in [0.05, 0.1) is 0 Å². The first-order chi connectivity index (χ1) is 10.1. The number of amides is 1. The summed E-state index contributed by atoms with van der Waals surface area (Å²) in [6.45, 7) is 3.22. The molecule has 0 aromatic heterocycles. The molecule has 1 aromatic rings. The monoisotopic (exact) mass is 290 g/mol. The summed E-state index contributed by atoms with van der Waals surface area (Å²) >= 11 is 0. The van der Waals surface area contributed by atoms with Crippen LogP contribution in [0.1, 0.15) is 48.5 Å². The van der Waals surface area contributed by atoms with Crippen LogP contribution in [0, 0.1) is 0 Å². The van der Waals surface area contributed by atoms with Crippen LogP contribution in [0.15, 0.2) is 24.3 Å². The van der Waals surface area contributed by atoms with E-state index in [9.17, 15) is 9.59 Å². The van der Waals surface area contributed by atoms with Crippen LogP contribution in [0.5, 0.6) is 0 Å². The predicted molar refractivity (Wildman–Crippen MR) is 85.6 cm³/mol. The first-order valence-corrected chi connectivity index (χ1v) is 7.64. The molecule has 0 aliphatic carbocycles. The van der Waals surface area contributed by atoms with Crippen molar-refractivity contribution in [3.8, 4) is 0 Å². The second kappa shape index (κ2) is 10.1. The highest BCUT2D eigenvalue weighted by atomic mass is 16.1. The molecule has 0 heterocycles. The van der Waals surface area contributed by atoms with Crippen LogP contribution in [0.2, 0.25) is 0 Å². The number of hydrogen-bond donors (Lipinski definition) is 2. The molecule has 2 N–H and O–H groups in total. The highest BCUT2D eigenvalue weighted by Gasteiger charge is 2.02. The SMILES string of the molecule is CNCCCCCC(=O)NCCc1ccc(C(C)=O)cc1. The average Bonchev–Trinajstić information content (AvgIpc) is 2.47. The van der Waals surface area contributed by atoms with E-state index in [4.69, 9.17) is 0 Å². The van der Waals surface area contributed by atoms with Crippen molar-refractivity contribution >= 4 is 11.7 Å². The summed E-state index contributed by atoms with van der Waals surface area (Å²) in [5.74, 6) is 0.202. The topological polar surface area (TPSA) is 58.2 Å². The lowest BCUT2D eigenvalue weighted by molar-refractivity contribution is -0.121. The third-order valence-corrected chi connectivity index (χ3v) is 3.43. The van der Waals surface area contributed by atoms with Gasteiger partial charge in [0, 0.05) is 18.5 Å². The molecule has 116 valence electrons. The smallest absolute Gasteiger partial charge is 0.220 e. The normalized spacial score (nSPS) is 10.4. The standard InChI is InChI=1S/C17H26N2O2/c1-14(20)16-9-7-15(8-10-16)11-13-19-17(21)6-4-3-5-12-18-2/h7-10,18H,3-6,11-13H2,1-2H3,(H,19,21). The van der Waals surface area contributed by atoms with Crippen LogP contribution in [0.4, 0.5) is 0 Å². The van der Waals surface area contributed by atoms with Crippen molar-refractivity contribution in [1.29, 1.82) is 0 Å². The Labute approximate surface area is 127 Å². The molecular weight excluding hydrogens is 264 g/mol. The molecule has 21 heavy (non-hydrogen) atoms. The quantitative estimate of drug-likeness (QED) is 0.513. The summed E-state index contributed by atoms with van der Waals surface area (Å²) in [7, 11) is 1.94. The summed E-state index contributed by atoms with van der Waals surface area (Å²) in [5.41, 5.74) is 1.86. The van der Waals surface area contributed by atoms with Crippen molar-refractivity contribution in [2.45, 2.75) is 39.0 Å². The van der Waals surface area contributed by atoms with Gasteiger partial charge in [-0.15, -0.1) is 0 Å². The van der Waals surface area contributed by atoms with E-state index in [1.807, 2.05) is 31.3 Å². The lowest BCUT2D eigenvalue weighted by atomic mass is 10.1. The van der Waals surface area contributed by atoms with Crippen molar-refractivity contribution in [2.75, 3.05) is 20.1 Å². The van der Waals surface area contributed by atoms with Gasteiger partial charge in [0.2, 0.25) is 5.91 Å². The molecule has 0 aliphatic rings. The van der Waals surface area contributed by atoms with Gasteiger partial charge in [0.25, 0.3) is 0 Å². The second-order valence-corrected chi connectivity index (χ2v) is 5.27. The van der Waals surface area contributed by atoms with Crippen molar-refractivity contribution in [1.82, 2.24) is 10.6 Å². The van der Waals surface area contributed by atoms with Gasteiger partial charge in [-0.05, 0) is 45.3 Å². The zero-order valence-corrected chi connectivity index (χ0v) is 13.1. The largest absolute Gasteiger partial charge is 0.356 e. The molecule has 0 atom stereocenters. The van der Waals surface area contributed by atoms with Gasteiger partial charge < -0.3 is 10.6 Å². The number of Topliss-reactive ketones (excluding diaryl/α,β-unsaturated/α-hetero) is 1. The number of ketones is 1. The third kappa shape index (κ3) is 7.61. The van der Waals surface area contributed by atoms with Crippen LogP contribution < -0.4 is 10.6 Å². The molecule has 0 aliphatic heterocycles. The van der Waals surface area contributed by atoms with Gasteiger partial charge in [-0.3, -0.25) is 9.59 Å². The number of carbonyl (C=O) groups excluding carboxylic acids is 2. The van der Waals surface area contributed by atoms with E-state index in [1.54, 1.807) is 6.92 Å². The third-order valence-electron chi connectivity index (χ3n) is 3.43. The van der Waals surface area contributed by atoms with E-state index in [2.05, 4.69) is 10.6 Å². The minimum atomic E-state index is 0.0770. The zero-order valence-electron chi connectivity index (χ0n) is 13.1. The van der Waals surface area contributed by atoms with Gasteiger partial charge in [-0.25, -0.2) is 0 Å². The van der Waals surface area contributed by atoms with Crippen LogP contribution >= 0.6 is 0 Å². The Kier molecular flexibility index (Phi) is 8.36. The van der Waals surface area contributed by atoms with Gasteiger partial charge >= 0.3 is 0 Å². The number of unbranched alkanes of at least 4 members (excludes halogenated alkanes) is 2. The molecule has 4 heteroatoms. The molecule has 0 spiro atoms. The number of carbonyl (C=O) groups is 2. The number of hydrogen-bond acceptors (Lipinski definition) is 3. The fourth-order valence-corrected chi connectivity index (χ4v) is 2.10. The Bertz CT molecular complexity index is 441. The molecule has 4 nitrogen and oxygen atoms in total. The lowest BCUT2D eigenvalue weighted by Crippen LogP contribution is -2.25. The minimum absolute atomic E-state index is 0.0770. The second-order valence-electron chi connectivity index (χ2n) is 5.27. The summed E-state index contributed by atoms with van der Waals surface area (Å²) in [6, 6.07) is 7.56. The van der Waals surface area contributed by atoms with Gasteiger partial charge in [0.15, 0.2) is 5.78 Å². The van der Waals surface area contributed by atoms with E-state index in [1.165, 1.54) is 0 Å². The summed E-state index contributed by atoms with van der Waals surface area (Å²) < 4.78 is 0. The number of rotatable bonds is 10. The Morgan fingerprint density at radius 2 is 1.71 bits per heavy atom. The van der Waals surface area contributed by atoms with E-state index >= 15 is 0 Å². The van der Waals surface area contributed by atoms with E-state index < -0.39 is 0 Å². The van der Waals surface area contributed by atoms with Gasteiger partial charge in [0.1, 0.15) is 0 Å². The summed E-state index contributed by atoms with van der Waals surface area (Å²) in [4.78, 5) is 22.8. The van der Waals surface area contributed by atoms with E-state index in [0.717, 1.165) is 43.4 Å². The maximum absolute atomic E-state index is 11.6. The van der Waals surface area contributed by atoms with Crippen molar-refractivity contribution in [2.24, 2.45) is 0 Å². The average molecular weight is 290 g/mol. The first kappa shape index (κ1) is 17.4. The van der Waals surface area contributed by atoms with Crippen LogP contribution in [0.3, 0.4) is 0 Å². The van der Waals surface area contributed by atoms with Crippen LogP contribution in [-0.4, -0.2) is 31.8 Å². The van der Waals surface area contributed by atoms with E-state index in [0.29, 0.717) is 13.0 Å². The van der Waals surface area contributed by atoms with Crippen molar-refractivity contribution in [3.63, 3.8) is 0 Å². The van der Waals surface area contributed by atoms with E-state index in [-0.39, 0.29) is 11.7 Å². The minimum Gasteiger partial charge on any atom is -0.356 e. The Balaban J connectivity index is 2.15. The number of nitrogens with one attached hydrogen (secondary N) is 2. The highest BCUT2D eigenvalue weighted by Crippen LogP contribution is 2.05. The summed E-state index contributed by atoms with van der Waals surface area (Å²) in [6.07, 6.45) is 4.55. The first-order valence-electron chi connectivity index (χ1n) is 7.64. The maximum atomic E-state index is 11.6. The van der Waals surface area contributed by atoms with Crippen LogP contribution in [0.25, 0.3) is 0 Å². The molecule has 1 amide bonds. The molecule has 0 unspecified atom stereocenters. The molecule has 0 saturated heterocycles. The van der Waals surface area contributed by atoms with Gasteiger partial charge in [-0.1, -0.05) is 30.7 Å². The molecule has 1 rings (SSSR count). The Morgan fingerprint density at radius 3 is 2.33 bits per heavy atom. The molecule has 0 saturated carbocycles.